The molecule has 150 valence electrons. The molecule has 1 saturated heterocycles. The first-order chi connectivity index (χ1) is 14.1. The van der Waals surface area contributed by atoms with Gasteiger partial charge in [0.1, 0.15) is 11.6 Å². The predicted octanol–water partition coefficient (Wildman–Crippen LogP) is 3.55. The maximum Gasteiger partial charge on any atom is 0.253 e. The number of carbonyl (C=O) groups is 1. The molecule has 0 saturated carbocycles. The molecule has 1 N–H and O–H groups in total. The zero-order valence-corrected chi connectivity index (χ0v) is 16.9. The summed E-state index contributed by atoms with van der Waals surface area (Å²) < 4.78 is 5.23. The molecule has 6 heteroatoms. The molecule has 3 heterocycles. The van der Waals surface area contributed by atoms with E-state index in [0.29, 0.717) is 12.1 Å². The summed E-state index contributed by atoms with van der Waals surface area (Å²) in [5, 5.41) is 2.84. The van der Waals surface area contributed by atoms with Crippen molar-refractivity contribution in [1.29, 1.82) is 0 Å². The molecule has 1 amide bonds. The SMILES string of the molecule is Cc1cccc(N2CCN(c3ccc(C(=O)NCc4ccco4)cn3)CC2)c1C. The summed E-state index contributed by atoms with van der Waals surface area (Å²) in [6.07, 6.45) is 3.24. The molecule has 0 unspecified atom stereocenters. The molecule has 0 atom stereocenters. The highest BCUT2D eigenvalue weighted by molar-refractivity contribution is 5.94. The molecule has 0 aliphatic carbocycles. The minimum absolute atomic E-state index is 0.153. The van der Waals surface area contributed by atoms with E-state index in [4.69, 9.17) is 4.42 Å². The van der Waals surface area contributed by atoms with Crippen molar-refractivity contribution in [3.8, 4) is 0 Å². The summed E-state index contributed by atoms with van der Waals surface area (Å²) in [5.74, 6) is 1.48. The largest absolute Gasteiger partial charge is 0.467 e. The molecule has 2 aromatic heterocycles. The van der Waals surface area contributed by atoms with Gasteiger partial charge in [-0.3, -0.25) is 4.79 Å². The summed E-state index contributed by atoms with van der Waals surface area (Å²) in [5.41, 5.74) is 4.55. The lowest BCUT2D eigenvalue weighted by atomic mass is 10.1. The van der Waals surface area contributed by atoms with Gasteiger partial charge in [-0.1, -0.05) is 12.1 Å². The number of hydrogen-bond acceptors (Lipinski definition) is 5. The number of rotatable bonds is 5. The molecule has 1 aliphatic rings. The third-order valence-electron chi connectivity index (χ3n) is 5.53. The van der Waals surface area contributed by atoms with Gasteiger partial charge in [0.15, 0.2) is 0 Å². The standard InChI is InChI=1S/C23H26N4O2/c1-17-5-3-7-21(18(17)2)26-10-12-27(13-11-26)22-9-8-19(15-24-22)23(28)25-16-20-6-4-14-29-20/h3-9,14-15H,10-13,16H2,1-2H3,(H,25,28). The molecule has 1 aromatic carbocycles. The smallest absolute Gasteiger partial charge is 0.253 e. The highest BCUT2D eigenvalue weighted by Gasteiger charge is 2.20. The fourth-order valence-electron chi connectivity index (χ4n) is 3.64. The monoisotopic (exact) mass is 390 g/mol. The molecule has 6 nitrogen and oxygen atoms in total. The van der Waals surface area contributed by atoms with Gasteiger partial charge in [-0.2, -0.15) is 0 Å². The van der Waals surface area contributed by atoms with Crippen LogP contribution < -0.4 is 15.1 Å². The van der Waals surface area contributed by atoms with E-state index in [1.165, 1.54) is 16.8 Å². The number of amides is 1. The normalized spacial score (nSPS) is 14.1. The van der Waals surface area contributed by atoms with E-state index in [-0.39, 0.29) is 5.91 Å². The van der Waals surface area contributed by atoms with Crippen LogP contribution in [0.1, 0.15) is 27.2 Å². The number of nitrogens with one attached hydrogen (secondary N) is 1. The van der Waals surface area contributed by atoms with Crippen molar-refractivity contribution in [2.45, 2.75) is 20.4 Å². The van der Waals surface area contributed by atoms with Gasteiger partial charge in [-0.25, -0.2) is 4.98 Å². The zero-order valence-electron chi connectivity index (χ0n) is 16.9. The summed E-state index contributed by atoms with van der Waals surface area (Å²) in [6, 6.07) is 13.9. The lowest BCUT2D eigenvalue weighted by Crippen LogP contribution is -2.47. The van der Waals surface area contributed by atoms with E-state index >= 15 is 0 Å². The van der Waals surface area contributed by atoms with Gasteiger partial charge < -0.3 is 19.5 Å². The number of aromatic nitrogens is 1. The van der Waals surface area contributed by atoms with Crippen LogP contribution in [0.5, 0.6) is 0 Å². The van der Waals surface area contributed by atoms with E-state index in [1.54, 1.807) is 18.5 Å². The number of carbonyl (C=O) groups excluding carboxylic acids is 1. The van der Waals surface area contributed by atoms with Crippen LogP contribution in [0.15, 0.2) is 59.3 Å². The van der Waals surface area contributed by atoms with Gasteiger partial charge in [-0.15, -0.1) is 0 Å². The summed E-state index contributed by atoms with van der Waals surface area (Å²) in [7, 11) is 0. The first kappa shape index (κ1) is 19.1. The molecule has 3 aromatic rings. The van der Waals surface area contributed by atoms with Crippen LogP contribution in [0, 0.1) is 13.8 Å². The van der Waals surface area contributed by atoms with Gasteiger partial charge in [-0.05, 0) is 55.3 Å². The molecule has 1 fully saturated rings. The fraction of sp³-hybridized carbons (Fsp3) is 0.304. The number of pyridine rings is 1. The first-order valence-electron chi connectivity index (χ1n) is 9.94. The van der Waals surface area contributed by atoms with E-state index in [1.807, 2.05) is 18.2 Å². The van der Waals surface area contributed by atoms with Gasteiger partial charge in [0, 0.05) is 38.1 Å². The van der Waals surface area contributed by atoms with Gasteiger partial charge in [0.2, 0.25) is 0 Å². The lowest BCUT2D eigenvalue weighted by molar-refractivity contribution is 0.0947. The molecule has 0 bridgehead atoms. The maximum absolute atomic E-state index is 12.3. The van der Waals surface area contributed by atoms with Crippen LogP contribution in [-0.4, -0.2) is 37.1 Å². The van der Waals surface area contributed by atoms with Crippen LogP contribution >= 0.6 is 0 Å². The number of anilines is 2. The molecule has 1 aliphatic heterocycles. The molecule has 29 heavy (non-hydrogen) atoms. The Morgan fingerprint density at radius 3 is 2.52 bits per heavy atom. The topological polar surface area (TPSA) is 61.6 Å². The third-order valence-corrected chi connectivity index (χ3v) is 5.53. The number of furan rings is 1. The van der Waals surface area contributed by atoms with Crippen molar-refractivity contribution in [2.24, 2.45) is 0 Å². The first-order valence-corrected chi connectivity index (χ1v) is 9.94. The third kappa shape index (κ3) is 4.26. The Bertz CT molecular complexity index is 959. The average molecular weight is 390 g/mol. The number of nitrogens with zero attached hydrogens (tertiary/aromatic N) is 3. The number of aryl methyl sites for hydroxylation is 1. The summed E-state index contributed by atoms with van der Waals surface area (Å²) in [4.78, 5) is 21.5. The second-order valence-electron chi connectivity index (χ2n) is 7.36. The minimum atomic E-state index is -0.153. The number of hydrogen-bond donors (Lipinski definition) is 1. The Morgan fingerprint density at radius 1 is 1.03 bits per heavy atom. The van der Waals surface area contributed by atoms with Crippen molar-refractivity contribution in [1.82, 2.24) is 10.3 Å². The molecular weight excluding hydrogens is 364 g/mol. The Morgan fingerprint density at radius 2 is 1.83 bits per heavy atom. The van der Waals surface area contributed by atoms with Crippen LogP contribution in [0.3, 0.4) is 0 Å². The highest BCUT2D eigenvalue weighted by atomic mass is 16.3. The van der Waals surface area contributed by atoms with Crippen LogP contribution in [-0.2, 0) is 6.54 Å². The summed E-state index contributed by atoms with van der Waals surface area (Å²) in [6.45, 7) is 8.44. The van der Waals surface area contributed by atoms with Gasteiger partial charge >= 0.3 is 0 Å². The predicted molar refractivity (Wildman–Crippen MR) is 114 cm³/mol. The maximum atomic E-state index is 12.3. The van der Waals surface area contributed by atoms with E-state index in [9.17, 15) is 4.79 Å². The molecule has 4 rings (SSSR count). The quantitative estimate of drug-likeness (QED) is 0.722. The van der Waals surface area contributed by atoms with Crippen molar-refractivity contribution >= 4 is 17.4 Å². The number of piperazine rings is 1. The van der Waals surface area contributed by atoms with Crippen molar-refractivity contribution in [3.63, 3.8) is 0 Å². The molecular formula is C23H26N4O2. The Hall–Kier alpha value is -3.28. The van der Waals surface area contributed by atoms with E-state index in [0.717, 1.165) is 37.8 Å². The van der Waals surface area contributed by atoms with Crippen molar-refractivity contribution < 1.29 is 9.21 Å². The van der Waals surface area contributed by atoms with Crippen LogP contribution in [0.2, 0.25) is 0 Å². The van der Waals surface area contributed by atoms with Crippen molar-refractivity contribution in [3.05, 3.63) is 77.4 Å². The lowest BCUT2D eigenvalue weighted by Gasteiger charge is -2.37. The number of benzene rings is 1. The second-order valence-corrected chi connectivity index (χ2v) is 7.36. The van der Waals surface area contributed by atoms with Gasteiger partial charge in [0.25, 0.3) is 5.91 Å². The fourth-order valence-corrected chi connectivity index (χ4v) is 3.64. The minimum Gasteiger partial charge on any atom is -0.467 e. The Balaban J connectivity index is 1.34. The summed E-state index contributed by atoms with van der Waals surface area (Å²) >= 11 is 0. The molecule has 0 radical (unpaired) electrons. The highest BCUT2D eigenvalue weighted by Crippen LogP contribution is 2.25. The van der Waals surface area contributed by atoms with Crippen LogP contribution in [0.25, 0.3) is 0 Å². The Kier molecular flexibility index (Phi) is 5.51. The van der Waals surface area contributed by atoms with E-state index in [2.05, 4.69) is 52.1 Å². The van der Waals surface area contributed by atoms with Crippen molar-refractivity contribution in [2.75, 3.05) is 36.0 Å². The molecule has 0 spiro atoms. The average Bonchev–Trinajstić information content (AvgIpc) is 3.28. The van der Waals surface area contributed by atoms with Crippen LogP contribution in [0.4, 0.5) is 11.5 Å². The zero-order chi connectivity index (χ0) is 20.2. The Labute approximate surface area is 171 Å². The van der Waals surface area contributed by atoms with Gasteiger partial charge in [0.05, 0.1) is 18.4 Å². The van der Waals surface area contributed by atoms with E-state index < -0.39 is 0 Å². The second kappa shape index (κ2) is 8.39.